The molecule has 4 rings (SSSR count). The number of hydrogen-bond donors (Lipinski definition) is 1. The molecule has 5 heteroatoms. The Kier molecular flexibility index (Phi) is 3.22. The minimum Gasteiger partial charge on any atom is -0.325 e. The summed E-state index contributed by atoms with van der Waals surface area (Å²) >= 11 is 7.70. The van der Waals surface area contributed by atoms with Crippen molar-refractivity contribution in [1.29, 1.82) is 0 Å². The van der Waals surface area contributed by atoms with E-state index in [1.807, 2.05) is 24.4 Å². The highest BCUT2D eigenvalue weighted by Crippen LogP contribution is 2.52. The lowest BCUT2D eigenvalue weighted by Gasteiger charge is -2.35. The molecule has 0 unspecified atom stereocenters. The van der Waals surface area contributed by atoms with Crippen molar-refractivity contribution in [2.45, 2.75) is 24.7 Å². The lowest BCUT2D eigenvalue weighted by Crippen LogP contribution is -2.42. The summed E-state index contributed by atoms with van der Waals surface area (Å²) in [5.74, 6) is -0.218. The molecule has 1 aliphatic carbocycles. The molecule has 2 heterocycles. The van der Waals surface area contributed by atoms with E-state index in [0.717, 1.165) is 21.7 Å². The van der Waals surface area contributed by atoms with Gasteiger partial charge in [-0.25, -0.2) is 0 Å². The third-order valence-electron chi connectivity index (χ3n) is 4.81. The van der Waals surface area contributed by atoms with Crippen LogP contribution < -0.4 is 5.32 Å². The number of aryl methyl sites for hydroxylation is 1. The first-order valence-corrected chi connectivity index (χ1v) is 8.65. The smallest absolute Gasteiger partial charge is 0.239 e. The Morgan fingerprint density at radius 3 is 2.87 bits per heavy atom. The summed E-state index contributed by atoms with van der Waals surface area (Å²) in [6, 6.07) is 7.49. The van der Waals surface area contributed by atoms with Crippen LogP contribution in [0.1, 0.15) is 28.3 Å². The SMILES string of the molecule is Cc1sccc1[C@@H]1CC(=O)C=C[C@@]12C(=O)Nc1cc(Cl)ccc12. The number of carbonyl (C=O) groups excluding carboxylic acids is 2. The number of rotatable bonds is 1. The summed E-state index contributed by atoms with van der Waals surface area (Å²) in [6.07, 6.45) is 3.65. The molecule has 116 valence electrons. The maximum atomic E-state index is 12.9. The number of anilines is 1. The molecule has 2 aromatic rings. The minimum atomic E-state index is -0.834. The second kappa shape index (κ2) is 5.05. The zero-order valence-corrected chi connectivity index (χ0v) is 14.0. The van der Waals surface area contributed by atoms with Crippen LogP contribution in [-0.2, 0) is 15.0 Å². The van der Waals surface area contributed by atoms with Crippen molar-refractivity contribution in [1.82, 2.24) is 0 Å². The number of ketones is 1. The molecule has 1 N–H and O–H groups in total. The molecule has 1 aliphatic heterocycles. The van der Waals surface area contributed by atoms with Crippen LogP contribution in [-0.4, -0.2) is 11.7 Å². The number of carbonyl (C=O) groups is 2. The number of benzene rings is 1. The number of allylic oxidation sites excluding steroid dienone is 1. The molecule has 1 spiro atoms. The molecule has 0 bridgehead atoms. The van der Waals surface area contributed by atoms with Crippen LogP contribution in [0.4, 0.5) is 5.69 Å². The largest absolute Gasteiger partial charge is 0.325 e. The number of amides is 1. The van der Waals surface area contributed by atoms with Crippen LogP contribution in [0.2, 0.25) is 5.02 Å². The van der Waals surface area contributed by atoms with Crippen LogP contribution >= 0.6 is 22.9 Å². The Balaban J connectivity index is 1.97. The topological polar surface area (TPSA) is 46.2 Å². The molecule has 2 atom stereocenters. The summed E-state index contributed by atoms with van der Waals surface area (Å²) < 4.78 is 0. The molecule has 0 fully saturated rings. The van der Waals surface area contributed by atoms with Crippen molar-refractivity contribution in [2.75, 3.05) is 5.32 Å². The Hall–Kier alpha value is -1.91. The van der Waals surface area contributed by atoms with Gasteiger partial charge in [0.2, 0.25) is 5.91 Å². The summed E-state index contributed by atoms with van der Waals surface area (Å²) in [6.45, 7) is 2.03. The van der Waals surface area contributed by atoms with Crippen LogP contribution in [0.3, 0.4) is 0 Å². The average molecular weight is 344 g/mol. The highest BCUT2D eigenvalue weighted by Gasteiger charge is 2.53. The maximum absolute atomic E-state index is 12.9. The average Bonchev–Trinajstić information content (AvgIpc) is 3.04. The van der Waals surface area contributed by atoms with Crippen LogP contribution in [0, 0.1) is 6.92 Å². The molecular formula is C18H14ClNO2S. The Morgan fingerprint density at radius 1 is 1.30 bits per heavy atom. The van der Waals surface area contributed by atoms with Crippen molar-refractivity contribution in [3.8, 4) is 0 Å². The highest BCUT2D eigenvalue weighted by atomic mass is 35.5. The molecule has 23 heavy (non-hydrogen) atoms. The Labute approximate surface area is 143 Å². The first-order chi connectivity index (χ1) is 11.0. The molecule has 1 amide bonds. The fourth-order valence-corrected chi connectivity index (χ4v) is 4.66. The number of nitrogens with one attached hydrogen (secondary N) is 1. The van der Waals surface area contributed by atoms with Gasteiger partial charge in [-0.15, -0.1) is 11.3 Å². The molecular weight excluding hydrogens is 330 g/mol. The summed E-state index contributed by atoms with van der Waals surface area (Å²) in [5.41, 5.74) is 1.87. The van der Waals surface area contributed by atoms with Gasteiger partial charge >= 0.3 is 0 Å². The monoisotopic (exact) mass is 343 g/mol. The second-order valence-electron chi connectivity index (χ2n) is 6.00. The highest BCUT2D eigenvalue weighted by molar-refractivity contribution is 7.10. The minimum absolute atomic E-state index is 0.0569. The van der Waals surface area contributed by atoms with Gasteiger partial charge < -0.3 is 5.32 Å². The first-order valence-electron chi connectivity index (χ1n) is 7.40. The van der Waals surface area contributed by atoms with Crippen LogP contribution in [0.15, 0.2) is 41.8 Å². The van der Waals surface area contributed by atoms with E-state index in [2.05, 4.69) is 5.32 Å². The van der Waals surface area contributed by atoms with Gasteiger partial charge in [-0.1, -0.05) is 23.7 Å². The zero-order valence-electron chi connectivity index (χ0n) is 12.4. The number of hydrogen-bond acceptors (Lipinski definition) is 3. The van der Waals surface area contributed by atoms with Gasteiger partial charge in [0.25, 0.3) is 0 Å². The van der Waals surface area contributed by atoms with Gasteiger partial charge in [0.15, 0.2) is 5.78 Å². The van der Waals surface area contributed by atoms with Crippen molar-refractivity contribution < 1.29 is 9.59 Å². The lowest BCUT2D eigenvalue weighted by atomic mass is 9.64. The van der Waals surface area contributed by atoms with Crippen molar-refractivity contribution in [2.24, 2.45) is 0 Å². The van der Waals surface area contributed by atoms with E-state index in [1.54, 1.807) is 35.6 Å². The zero-order chi connectivity index (χ0) is 16.2. The Morgan fingerprint density at radius 2 is 2.13 bits per heavy atom. The molecule has 3 nitrogen and oxygen atoms in total. The number of fused-ring (bicyclic) bond motifs is 2. The molecule has 1 aromatic carbocycles. The van der Waals surface area contributed by atoms with Crippen molar-refractivity contribution in [3.63, 3.8) is 0 Å². The lowest BCUT2D eigenvalue weighted by molar-refractivity contribution is -0.121. The fourth-order valence-electron chi connectivity index (χ4n) is 3.72. The number of thiophene rings is 1. The van der Waals surface area contributed by atoms with E-state index in [1.165, 1.54) is 0 Å². The Bertz CT molecular complexity index is 870. The van der Waals surface area contributed by atoms with E-state index in [-0.39, 0.29) is 17.6 Å². The molecule has 0 saturated heterocycles. The standard InChI is InChI=1S/C18H14ClNO2S/c1-10-13(5-7-23-10)15-9-12(21)4-6-18(15)14-3-2-11(19)8-16(14)20-17(18)22/h2-8,15H,9H2,1H3,(H,20,22)/t15-,18-/m0/s1. The first kappa shape index (κ1) is 14.7. The van der Waals surface area contributed by atoms with E-state index in [0.29, 0.717) is 11.4 Å². The molecule has 0 radical (unpaired) electrons. The van der Waals surface area contributed by atoms with E-state index in [9.17, 15) is 9.59 Å². The van der Waals surface area contributed by atoms with Crippen molar-refractivity contribution >= 4 is 40.3 Å². The van der Waals surface area contributed by atoms with Gasteiger partial charge in [-0.2, -0.15) is 0 Å². The van der Waals surface area contributed by atoms with Crippen LogP contribution in [0.5, 0.6) is 0 Å². The van der Waals surface area contributed by atoms with E-state index >= 15 is 0 Å². The summed E-state index contributed by atoms with van der Waals surface area (Å²) in [5, 5.41) is 5.54. The second-order valence-corrected chi connectivity index (χ2v) is 7.56. The quantitative estimate of drug-likeness (QED) is 0.843. The van der Waals surface area contributed by atoms with Gasteiger partial charge in [-0.3, -0.25) is 9.59 Å². The molecule has 2 aliphatic rings. The normalized spacial score (nSPS) is 25.7. The van der Waals surface area contributed by atoms with Crippen LogP contribution in [0.25, 0.3) is 0 Å². The van der Waals surface area contributed by atoms with E-state index in [4.69, 9.17) is 11.6 Å². The fraction of sp³-hybridized carbons (Fsp3) is 0.222. The van der Waals surface area contributed by atoms with Crippen molar-refractivity contribution in [3.05, 3.63) is 62.8 Å². The third kappa shape index (κ3) is 2.02. The van der Waals surface area contributed by atoms with Gasteiger partial charge in [0.1, 0.15) is 5.41 Å². The predicted octanol–water partition coefficient (Wildman–Crippen LogP) is 4.21. The molecule has 1 aromatic heterocycles. The summed E-state index contributed by atoms with van der Waals surface area (Å²) in [4.78, 5) is 26.1. The van der Waals surface area contributed by atoms with Gasteiger partial charge in [-0.05, 0) is 47.7 Å². The molecule has 0 saturated carbocycles. The number of halogens is 1. The van der Waals surface area contributed by atoms with Gasteiger partial charge in [0, 0.05) is 27.9 Å². The van der Waals surface area contributed by atoms with E-state index < -0.39 is 5.41 Å². The maximum Gasteiger partial charge on any atom is 0.239 e. The third-order valence-corrected chi connectivity index (χ3v) is 5.91. The van der Waals surface area contributed by atoms with Gasteiger partial charge in [0.05, 0.1) is 0 Å². The predicted molar refractivity (Wildman–Crippen MR) is 92.3 cm³/mol. The summed E-state index contributed by atoms with van der Waals surface area (Å²) in [7, 11) is 0.